The summed E-state index contributed by atoms with van der Waals surface area (Å²) in [6.07, 6.45) is 3.69. The van der Waals surface area contributed by atoms with Gasteiger partial charge in [-0.1, -0.05) is 13.8 Å². The Bertz CT molecular complexity index is 591. The molecule has 2 aromatic rings. The minimum absolute atomic E-state index is 0.666. The number of fused-ring (bicyclic) bond motifs is 1. The predicted molar refractivity (Wildman–Crippen MR) is 81.9 cm³/mol. The molecule has 0 radical (unpaired) electrons. The third-order valence-electron chi connectivity index (χ3n) is 3.65. The maximum absolute atomic E-state index is 4.50. The third-order valence-corrected chi connectivity index (χ3v) is 3.65. The molecule has 0 amide bonds. The van der Waals surface area contributed by atoms with Crippen LogP contribution >= 0.6 is 0 Å². The van der Waals surface area contributed by atoms with Crippen LogP contribution < -0.4 is 10.2 Å². The van der Waals surface area contributed by atoms with Gasteiger partial charge in [-0.25, -0.2) is 4.98 Å². The highest BCUT2D eigenvalue weighted by Crippen LogP contribution is 2.18. The van der Waals surface area contributed by atoms with Crippen molar-refractivity contribution in [2.24, 2.45) is 5.92 Å². The molecule has 0 aliphatic carbocycles. The predicted octanol–water partition coefficient (Wildman–Crippen LogP) is 1.44. The molecule has 3 heterocycles. The highest BCUT2D eigenvalue weighted by atomic mass is 15.3. The Balaban J connectivity index is 1.66. The summed E-state index contributed by atoms with van der Waals surface area (Å²) >= 11 is 0. The SMILES string of the molecule is CC(C)CNCc1ccnc(N2CCn3cnnc3C2)c1. The summed E-state index contributed by atoms with van der Waals surface area (Å²) < 4.78 is 2.10. The zero-order chi connectivity index (χ0) is 14.7. The van der Waals surface area contributed by atoms with Crippen LogP contribution in [-0.2, 0) is 19.6 Å². The molecule has 112 valence electrons. The lowest BCUT2D eigenvalue weighted by molar-refractivity contribution is 0.549. The van der Waals surface area contributed by atoms with E-state index in [1.165, 1.54) is 5.56 Å². The van der Waals surface area contributed by atoms with Gasteiger partial charge >= 0.3 is 0 Å². The number of nitrogens with one attached hydrogen (secondary N) is 1. The molecule has 0 saturated carbocycles. The molecule has 0 aromatic carbocycles. The first-order valence-electron chi connectivity index (χ1n) is 7.49. The summed E-state index contributed by atoms with van der Waals surface area (Å²) in [6, 6.07) is 4.24. The molecule has 2 aromatic heterocycles. The summed E-state index contributed by atoms with van der Waals surface area (Å²) in [6.45, 7) is 8.99. The molecule has 0 spiro atoms. The van der Waals surface area contributed by atoms with Crippen LogP contribution in [0.2, 0.25) is 0 Å². The van der Waals surface area contributed by atoms with E-state index >= 15 is 0 Å². The van der Waals surface area contributed by atoms with Crippen molar-refractivity contribution in [1.82, 2.24) is 25.1 Å². The van der Waals surface area contributed by atoms with Gasteiger partial charge in [0.25, 0.3) is 0 Å². The zero-order valence-corrected chi connectivity index (χ0v) is 12.7. The average Bonchev–Trinajstić information content (AvgIpc) is 2.94. The Morgan fingerprint density at radius 3 is 3.10 bits per heavy atom. The Morgan fingerprint density at radius 1 is 1.33 bits per heavy atom. The van der Waals surface area contributed by atoms with Crippen molar-refractivity contribution in [2.45, 2.75) is 33.5 Å². The maximum atomic E-state index is 4.50. The fourth-order valence-corrected chi connectivity index (χ4v) is 2.51. The first kappa shape index (κ1) is 14.0. The molecule has 1 N–H and O–H groups in total. The van der Waals surface area contributed by atoms with Gasteiger partial charge < -0.3 is 14.8 Å². The molecule has 0 unspecified atom stereocenters. The van der Waals surface area contributed by atoms with Crippen molar-refractivity contribution >= 4 is 5.82 Å². The zero-order valence-electron chi connectivity index (χ0n) is 12.7. The van der Waals surface area contributed by atoms with Crippen LogP contribution in [0.15, 0.2) is 24.7 Å². The molecule has 0 saturated heterocycles. The molecule has 0 bridgehead atoms. The monoisotopic (exact) mass is 286 g/mol. The molecule has 1 aliphatic rings. The number of nitrogens with zero attached hydrogens (tertiary/aromatic N) is 5. The van der Waals surface area contributed by atoms with Crippen molar-refractivity contribution in [3.63, 3.8) is 0 Å². The van der Waals surface area contributed by atoms with Crippen LogP contribution in [0.25, 0.3) is 0 Å². The van der Waals surface area contributed by atoms with Gasteiger partial charge in [-0.3, -0.25) is 0 Å². The van der Waals surface area contributed by atoms with E-state index in [2.05, 4.69) is 55.9 Å². The van der Waals surface area contributed by atoms with E-state index in [-0.39, 0.29) is 0 Å². The number of hydrogen-bond donors (Lipinski definition) is 1. The normalized spacial score (nSPS) is 14.5. The van der Waals surface area contributed by atoms with Crippen molar-refractivity contribution in [3.05, 3.63) is 36.0 Å². The van der Waals surface area contributed by atoms with Crippen molar-refractivity contribution < 1.29 is 0 Å². The summed E-state index contributed by atoms with van der Waals surface area (Å²) in [5.41, 5.74) is 1.27. The second-order valence-corrected chi connectivity index (χ2v) is 5.91. The smallest absolute Gasteiger partial charge is 0.152 e. The second-order valence-electron chi connectivity index (χ2n) is 5.91. The van der Waals surface area contributed by atoms with Crippen LogP contribution in [0.1, 0.15) is 25.2 Å². The van der Waals surface area contributed by atoms with Crippen LogP contribution in [0.4, 0.5) is 5.82 Å². The Labute approximate surface area is 125 Å². The third kappa shape index (κ3) is 3.39. The summed E-state index contributed by atoms with van der Waals surface area (Å²) in [5.74, 6) is 2.69. The number of rotatable bonds is 5. The van der Waals surface area contributed by atoms with Crippen LogP contribution in [0.5, 0.6) is 0 Å². The topological polar surface area (TPSA) is 58.9 Å². The largest absolute Gasteiger partial charge is 0.347 e. The van der Waals surface area contributed by atoms with Gasteiger partial charge in [-0.15, -0.1) is 10.2 Å². The number of pyridine rings is 1. The molecule has 1 aliphatic heterocycles. The highest BCUT2D eigenvalue weighted by molar-refractivity contribution is 5.41. The summed E-state index contributed by atoms with van der Waals surface area (Å²) in [7, 11) is 0. The highest BCUT2D eigenvalue weighted by Gasteiger charge is 2.18. The second kappa shape index (κ2) is 6.22. The molecule has 3 rings (SSSR count). The number of aromatic nitrogens is 4. The van der Waals surface area contributed by atoms with Crippen molar-refractivity contribution in [1.29, 1.82) is 0 Å². The van der Waals surface area contributed by atoms with Crippen molar-refractivity contribution in [3.8, 4) is 0 Å². The quantitative estimate of drug-likeness (QED) is 0.901. The Morgan fingerprint density at radius 2 is 2.24 bits per heavy atom. The number of hydrogen-bond acceptors (Lipinski definition) is 5. The summed E-state index contributed by atoms with van der Waals surface area (Å²) in [5, 5.41) is 11.6. The lowest BCUT2D eigenvalue weighted by Gasteiger charge is -2.28. The molecular formula is C15H22N6. The average molecular weight is 286 g/mol. The molecular weight excluding hydrogens is 264 g/mol. The molecule has 0 fully saturated rings. The Kier molecular flexibility index (Phi) is 4.15. The van der Waals surface area contributed by atoms with Gasteiger partial charge in [0.2, 0.25) is 0 Å². The molecule has 0 atom stereocenters. The first-order valence-corrected chi connectivity index (χ1v) is 7.49. The van der Waals surface area contributed by atoms with Gasteiger partial charge in [0.05, 0.1) is 6.54 Å². The number of anilines is 1. The molecule has 6 nitrogen and oxygen atoms in total. The van der Waals surface area contributed by atoms with E-state index in [1.54, 1.807) is 6.33 Å². The fraction of sp³-hybridized carbons (Fsp3) is 0.533. The minimum Gasteiger partial charge on any atom is -0.347 e. The van der Waals surface area contributed by atoms with Gasteiger partial charge in [-0.2, -0.15) is 0 Å². The lowest BCUT2D eigenvalue weighted by Crippen LogP contribution is -2.34. The minimum atomic E-state index is 0.666. The van der Waals surface area contributed by atoms with Crippen LogP contribution in [0, 0.1) is 5.92 Å². The Hall–Kier alpha value is -1.95. The van der Waals surface area contributed by atoms with E-state index in [1.807, 2.05) is 6.20 Å². The maximum Gasteiger partial charge on any atom is 0.152 e. The van der Waals surface area contributed by atoms with Gasteiger partial charge in [0.1, 0.15) is 12.1 Å². The van der Waals surface area contributed by atoms with E-state index < -0.39 is 0 Å². The van der Waals surface area contributed by atoms with Crippen molar-refractivity contribution in [2.75, 3.05) is 18.0 Å². The van der Waals surface area contributed by atoms with Gasteiger partial charge in [0, 0.05) is 25.8 Å². The lowest BCUT2D eigenvalue weighted by atomic mass is 10.2. The fourth-order valence-electron chi connectivity index (χ4n) is 2.51. The molecule has 6 heteroatoms. The standard InChI is InChI=1S/C15H22N6/c1-12(2)8-16-9-13-3-4-17-14(7-13)20-5-6-21-11-18-19-15(21)10-20/h3-4,7,11-12,16H,5-6,8-10H2,1-2H3. The first-order chi connectivity index (χ1) is 10.2. The summed E-state index contributed by atoms with van der Waals surface area (Å²) in [4.78, 5) is 6.76. The van der Waals surface area contributed by atoms with Crippen LogP contribution in [0.3, 0.4) is 0 Å². The van der Waals surface area contributed by atoms with E-state index in [0.29, 0.717) is 5.92 Å². The van der Waals surface area contributed by atoms with E-state index in [9.17, 15) is 0 Å². The van der Waals surface area contributed by atoms with E-state index in [0.717, 1.165) is 44.4 Å². The van der Waals surface area contributed by atoms with E-state index in [4.69, 9.17) is 0 Å². The van der Waals surface area contributed by atoms with Gasteiger partial charge in [-0.05, 0) is 30.2 Å². The van der Waals surface area contributed by atoms with Crippen LogP contribution in [-0.4, -0.2) is 32.8 Å². The van der Waals surface area contributed by atoms with Gasteiger partial charge in [0.15, 0.2) is 5.82 Å². The molecule has 21 heavy (non-hydrogen) atoms.